The van der Waals surface area contributed by atoms with Gasteiger partial charge in [-0.25, -0.2) is 14.0 Å². The topological polar surface area (TPSA) is 257 Å². The van der Waals surface area contributed by atoms with Crippen molar-refractivity contribution in [2.24, 2.45) is 0 Å². The average Bonchev–Trinajstić information content (AvgIpc) is 3.52. The molecule has 22 nitrogen and oxygen atoms in total. The van der Waals surface area contributed by atoms with E-state index in [1.165, 1.54) is 16.7 Å². The minimum Gasteiger partial charge on any atom is -0.507 e. The molecule has 1 unspecified atom stereocenters. The minimum atomic E-state index is -1.04. The van der Waals surface area contributed by atoms with Crippen LogP contribution >= 0.6 is 11.6 Å². The standard InChI is InChI=1S/C54H71ClFN9O13/c1-5-9-38-10-7-8-11-44(38)64-45-31-40(42(55)30-41(45)53(58-54(64)75)63-18-17-62(32-37(63)3)48(68)6-2)52-43(56)28-39(29-46(52)66)78-27-26-77-25-24-76-23-12-57-47(67)33-60-15-13-59(34-49(69)70)14-16-61(35-50(71)72)20-22-65(4,21-19-60)36-51(73)74/h6-8,10-11,28-31,37H,2,5,9,12-27,32-36H2,1,3-4H3,(H4-,57,58,66,67,69,70,71,72,73,74,75)/p+1/t37-,65?/m0/s1. The predicted molar refractivity (Wildman–Crippen MR) is 290 cm³/mol. The number of carbonyl (C=O) groups is 5. The predicted octanol–water partition coefficient (Wildman–Crippen LogP) is 2.87. The van der Waals surface area contributed by atoms with Crippen molar-refractivity contribution in [1.29, 1.82) is 0 Å². The van der Waals surface area contributed by atoms with Gasteiger partial charge in [0, 0.05) is 99.6 Å². The Bertz CT molecular complexity index is 2820. The maximum absolute atomic E-state index is 16.2. The van der Waals surface area contributed by atoms with Crippen molar-refractivity contribution in [1.82, 2.24) is 34.5 Å². The number of fused-ring (bicyclic) bond motifs is 1. The minimum absolute atomic E-state index is 0.000738. The Labute approximate surface area is 457 Å². The normalized spacial score (nSPS) is 18.2. The second-order valence-electron chi connectivity index (χ2n) is 19.8. The number of quaternary nitrogens is 1. The first-order valence-electron chi connectivity index (χ1n) is 26.1. The molecule has 0 bridgehead atoms. The quantitative estimate of drug-likeness (QED) is 0.0384. The summed E-state index contributed by atoms with van der Waals surface area (Å²) in [5.41, 5.74) is 1.26. The number of hydrogen-bond donors (Lipinski definition) is 5. The number of aryl methyl sites for hydroxylation is 1. The highest BCUT2D eigenvalue weighted by Gasteiger charge is 2.32. The van der Waals surface area contributed by atoms with E-state index in [-0.39, 0.29) is 136 Å². The molecule has 0 radical (unpaired) electrons. The largest absolute Gasteiger partial charge is 0.507 e. The van der Waals surface area contributed by atoms with Crippen LogP contribution in [-0.2, 0) is 39.9 Å². The van der Waals surface area contributed by atoms with Gasteiger partial charge < -0.3 is 54.2 Å². The number of nitrogens with zero attached hydrogens (tertiary/aromatic N) is 8. The van der Waals surface area contributed by atoms with Crippen molar-refractivity contribution in [3.8, 4) is 28.3 Å². The molecule has 0 aliphatic carbocycles. The number of likely N-dealkylation sites (N-methyl/N-ethyl adjacent to an activating group) is 1. The summed E-state index contributed by atoms with van der Waals surface area (Å²) in [5, 5.41) is 43.4. The number of phenols is 1. The SMILES string of the molecule is C=CC(=O)N1CCN(c2nc(=O)n(-c3ccccc3CCC)c3cc(-c4c(O)cc(OCCOCCOCCNC(=O)CN5CCN(CC(=O)O)CCN(CC(=O)O)CC[N+](C)(CC(=O)O)CC5)cc4F)c(Cl)cc23)[C@@H](C)C1. The number of aromatic hydroxyl groups is 1. The van der Waals surface area contributed by atoms with Gasteiger partial charge in [0.05, 0.1) is 83.0 Å². The zero-order chi connectivity index (χ0) is 56.5. The first-order valence-corrected chi connectivity index (χ1v) is 26.4. The van der Waals surface area contributed by atoms with Gasteiger partial charge in [-0.05, 0) is 43.2 Å². The molecule has 78 heavy (non-hydrogen) atoms. The molecule has 2 fully saturated rings. The molecule has 2 aliphatic rings. The number of aromatic nitrogens is 2. The lowest BCUT2D eigenvalue weighted by Crippen LogP contribution is -2.56. The van der Waals surface area contributed by atoms with Crippen molar-refractivity contribution in [3.63, 3.8) is 0 Å². The van der Waals surface area contributed by atoms with Gasteiger partial charge in [-0.2, -0.15) is 4.98 Å². The van der Waals surface area contributed by atoms with Crippen LogP contribution in [-0.4, -0.2) is 235 Å². The molecular weight excluding hydrogens is 1040 g/mol. The Kier molecular flexibility index (Phi) is 22.3. The molecule has 2 aliphatic heterocycles. The van der Waals surface area contributed by atoms with E-state index in [1.807, 2.05) is 47.9 Å². The summed E-state index contributed by atoms with van der Waals surface area (Å²) in [7, 11) is 1.78. The molecule has 6 rings (SSSR count). The first kappa shape index (κ1) is 60.5. The number of hydrogen-bond acceptors (Lipinski definition) is 15. The second-order valence-corrected chi connectivity index (χ2v) is 20.2. The average molecular weight is 1110 g/mol. The molecule has 0 saturated carbocycles. The molecule has 3 heterocycles. The second kappa shape index (κ2) is 28.8. The number of amides is 2. The summed E-state index contributed by atoms with van der Waals surface area (Å²) in [5.74, 6) is -4.47. The van der Waals surface area contributed by atoms with E-state index < -0.39 is 35.2 Å². The van der Waals surface area contributed by atoms with E-state index in [0.717, 1.165) is 18.1 Å². The number of piperazine rings is 1. The van der Waals surface area contributed by atoms with Gasteiger partial charge in [0.2, 0.25) is 11.8 Å². The van der Waals surface area contributed by atoms with E-state index in [0.29, 0.717) is 74.6 Å². The van der Waals surface area contributed by atoms with E-state index >= 15 is 4.39 Å². The zero-order valence-corrected chi connectivity index (χ0v) is 45.3. The summed E-state index contributed by atoms with van der Waals surface area (Å²) in [6.07, 6.45) is 2.75. The third-order valence-corrected chi connectivity index (χ3v) is 14.1. The van der Waals surface area contributed by atoms with Gasteiger partial charge in [0.15, 0.2) is 6.54 Å². The Balaban J connectivity index is 1.02. The number of halogens is 2. The highest BCUT2D eigenvalue weighted by molar-refractivity contribution is 6.34. The van der Waals surface area contributed by atoms with Crippen LogP contribution in [0.25, 0.3) is 27.7 Å². The fourth-order valence-corrected chi connectivity index (χ4v) is 10.0. The number of carbonyl (C=O) groups excluding carboxylic acids is 2. The van der Waals surface area contributed by atoms with E-state index in [2.05, 4.69) is 16.9 Å². The highest BCUT2D eigenvalue weighted by Crippen LogP contribution is 2.42. The number of carboxylic acids is 3. The van der Waals surface area contributed by atoms with Crippen LogP contribution in [0.1, 0.15) is 25.8 Å². The van der Waals surface area contributed by atoms with Crippen molar-refractivity contribution in [2.45, 2.75) is 32.7 Å². The van der Waals surface area contributed by atoms with E-state index in [1.54, 1.807) is 33.9 Å². The lowest BCUT2D eigenvalue weighted by atomic mass is 10.0. The third-order valence-electron chi connectivity index (χ3n) is 13.8. The van der Waals surface area contributed by atoms with Crippen LogP contribution in [0, 0.1) is 5.82 Å². The van der Waals surface area contributed by atoms with Crippen LogP contribution in [0.5, 0.6) is 11.5 Å². The van der Waals surface area contributed by atoms with Crippen LogP contribution in [0.2, 0.25) is 5.02 Å². The van der Waals surface area contributed by atoms with Crippen molar-refractivity contribution in [2.75, 3.05) is 150 Å². The van der Waals surface area contributed by atoms with Gasteiger partial charge >= 0.3 is 23.6 Å². The molecule has 1 aromatic heterocycles. The first-order chi connectivity index (χ1) is 37.3. The van der Waals surface area contributed by atoms with Crippen molar-refractivity contribution in [3.05, 3.63) is 88.1 Å². The molecule has 5 N–H and O–H groups in total. The molecule has 24 heteroatoms. The van der Waals surface area contributed by atoms with E-state index in [4.69, 9.17) is 25.8 Å². The van der Waals surface area contributed by atoms with Gasteiger partial charge in [-0.3, -0.25) is 38.4 Å². The van der Waals surface area contributed by atoms with Crippen LogP contribution in [0.15, 0.2) is 66.0 Å². The van der Waals surface area contributed by atoms with Gasteiger partial charge in [0.25, 0.3) is 0 Å². The molecule has 424 valence electrons. The zero-order valence-electron chi connectivity index (χ0n) is 44.5. The smallest absolute Gasteiger partial charge is 0.359 e. The van der Waals surface area contributed by atoms with Crippen molar-refractivity contribution >= 4 is 58.0 Å². The number of anilines is 1. The summed E-state index contributed by atoms with van der Waals surface area (Å²) in [6.45, 7) is 11.2. The number of ether oxygens (including phenoxy) is 3. The number of aliphatic carboxylic acids is 3. The summed E-state index contributed by atoms with van der Waals surface area (Å²) >= 11 is 6.97. The molecule has 2 atom stereocenters. The van der Waals surface area contributed by atoms with Crippen LogP contribution in [0.3, 0.4) is 0 Å². The monoisotopic (exact) mass is 1110 g/mol. The van der Waals surface area contributed by atoms with Gasteiger partial charge in [0.1, 0.15) is 29.7 Å². The Morgan fingerprint density at radius 2 is 1.47 bits per heavy atom. The lowest BCUT2D eigenvalue weighted by molar-refractivity contribution is -0.901. The molecule has 4 aromatic rings. The number of carboxylic acid groups (broad SMARTS) is 3. The summed E-state index contributed by atoms with van der Waals surface area (Å²) < 4.78 is 34.8. The highest BCUT2D eigenvalue weighted by atomic mass is 35.5. The number of benzene rings is 3. The number of nitrogens with one attached hydrogen (secondary N) is 1. The summed E-state index contributed by atoms with van der Waals surface area (Å²) in [4.78, 5) is 88.2. The lowest BCUT2D eigenvalue weighted by Gasteiger charge is -2.40. The third kappa shape index (κ3) is 16.9. The Hall–Kier alpha value is -6.73. The fraction of sp³-hybridized carbons (Fsp3) is 0.500. The molecule has 3 aromatic carbocycles. The maximum atomic E-state index is 16.2. The van der Waals surface area contributed by atoms with Crippen molar-refractivity contribution < 1.29 is 67.5 Å². The molecule has 2 amide bonds. The fourth-order valence-electron chi connectivity index (χ4n) is 9.78. The molecular formula is C54H72ClFN9O13+. The van der Waals surface area contributed by atoms with Crippen LogP contribution < -0.4 is 20.6 Å². The Morgan fingerprint density at radius 3 is 2.09 bits per heavy atom. The van der Waals surface area contributed by atoms with Crippen LogP contribution in [0.4, 0.5) is 10.2 Å². The number of phenolic OH excluding ortho intramolecular Hbond substituents is 1. The van der Waals surface area contributed by atoms with E-state index in [9.17, 15) is 49.2 Å². The molecule has 0 spiro atoms. The van der Waals surface area contributed by atoms with Gasteiger partial charge in [-0.15, -0.1) is 0 Å². The number of rotatable bonds is 24. The maximum Gasteiger partial charge on any atom is 0.359 e. The van der Waals surface area contributed by atoms with Gasteiger partial charge in [-0.1, -0.05) is 49.7 Å². The number of para-hydroxylation sites is 1. The summed E-state index contributed by atoms with van der Waals surface area (Å²) in [6, 6.07) is 12.9. The Morgan fingerprint density at radius 1 is 0.846 bits per heavy atom. The molecule has 2 saturated heterocycles.